The van der Waals surface area contributed by atoms with Crippen LogP contribution in [0.1, 0.15) is 97.3 Å². The maximum Gasteiger partial charge on any atom is 0.142 e. The molecule has 0 radical (unpaired) electrons. The standard InChI is InChI=1S/C14H21NO3.C14H30NO.BrH/c1-2-3-4-5-8-11-18-13-10-7-6-9-12(13)15-14(16)17;1-2-3-4-5-7-10-15(13-14-16)11-8-6-9-12-15;/h6-7,9-10,15H,2-5,8,11H2,1H3,(H,16,17);16H,2-14H2,1H3;1H/q;+1;/p-2. The summed E-state index contributed by atoms with van der Waals surface area (Å²) in [6, 6.07) is 6.96. The predicted octanol–water partition coefficient (Wildman–Crippen LogP) is 2.74. The molecule has 1 heterocycles. The first kappa shape index (κ1) is 33.7. The van der Waals surface area contributed by atoms with Crippen LogP contribution in [0.2, 0.25) is 0 Å². The van der Waals surface area contributed by atoms with E-state index in [1.807, 2.05) is 6.07 Å². The number of amides is 1. The lowest BCUT2D eigenvalue weighted by atomic mass is 10.1. The number of rotatable bonds is 16. The second-order valence-corrected chi connectivity index (χ2v) is 9.61. The number of nitrogens with one attached hydrogen (secondary N) is 1. The van der Waals surface area contributed by atoms with Gasteiger partial charge in [-0.15, -0.1) is 0 Å². The molecule has 0 bridgehead atoms. The molecule has 2 rings (SSSR count). The number of carboxylic acid groups (broad SMARTS) is 1. The molecule has 1 aliphatic rings. The number of quaternary nitrogens is 1. The Balaban J connectivity index is 0.000000646. The Labute approximate surface area is 224 Å². The summed E-state index contributed by atoms with van der Waals surface area (Å²) in [7, 11) is 0. The fourth-order valence-corrected chi connectivity index (χ4v) is 4.70. The lowest BCUT2D eigenvalue weighted by Gasteiger charge is -2.41. The average Bonchev–Trinajstić information content (AvgIpc) is 2.83. The number of ether oxygens (including phenoxy) is 1. The molecule has 0 unspecified atom stereocenters. The van der Waals surface area contributed by atoms with E-state index in [4.69, 9.17) is 4.74 Å². The number of unbranched alkanes of at least 4 members (excludes halogenated alkanes) is 8. The first-order valence-corrected chi connectivity index (χ1v) is 13.7. The second kappa shape index (κ2) is 21.9. The smallest absolute Gasteiger partial charge is 0.142 e. The van der Waals surface area contributed by atoms with Crippen LogP contribution in [0.25, 0.3) is 0 Å². The number of anilines is 1. The van der Waals surface area contributed by atoms with E-state index in [9.17, 15) is 15.0 Å². The number of aliphatic hydroxyl groups is 1. The van der Waals surface area contributed by atoms with E-state index < -0.39 is 6.09 Å². The number of nitrogens with zero attached hydrogens (tertiary/aromatic N) is 1. The van der Waals surface area contributed by atoms with Crippen LogP contribution < -0.4 is 32.1 Å². The normalized spacial score (nSPS) is 14.3. The topological polar surface area (TPSA) is 81.6 Å². The van der Waals surface area contributed by atoms with Gasteiger partial charge in [0.15, 0.2) is 0 Å². The molecule has 0 spiro atoms. The molecule has 1 aromatic carbocycles. The van der Waals surface area contributed by atoms with Gasteiger partial charge in [-0.3, -0.25) is 0 Å². The van der Waals surface area contributed by atoms with E-state index in [-0.39, 0.29) is 17.0 Å². The van der Waals surface area contributed by atoms with Gasteiger partial charge in [-0.25, -0.2) is 0 Å². The molecule has 1 aromatic rings. The SMILES string of the molecule is CCCCCCCOc1ccccc1NC(=O)[O-].CCCCCCC[N+]1(CCO)CCCCC1.[Br-]. The number of aliphatic hydroxyl groups excluding tert-OH is 1. The Hall–Kier alpha value is -1.31. The molecular formula is C28H50BrN2O4-. The number of likely N-dealkylation sites (tertiary alicyclic amines) is 1. The number of piperidine rings is 1. The summed E-state index contributed by atoms with van der Waals surface area (Å²) in [4.78, 5) is 10.5. The van der Waals surface area contributed by atoms with Crippen LogP contribution >= 0.6 is 0 Å². The Morgan fingerprint density at radius 3 is 2.11 bits per heavy atom. The molecule has 1 amide bonds. The average molecular weight is 559 g/mol. The number of benzene rings is 1. The van der Waals surface area contributed by atoms with Crippen molar-refractivity contribution in [1.29, 1.82) is 0 Å². The van der Waals surface area contributed by atoms with E-state index in [1.54, 1.807) is 18.2 Å². The predicted molar refractivity (Wildman–Crippen MR) is 139 cm³/mol. The lowest BCUT2D eigenvalue weighted by molar-refractivity contribution is -0.932. The third kappa shape index (κ3) is 16.1. The number of para-hydroxylation sites is 2. The molecule has 204 valence electrons. The molecule has 0 saturated carbocycles. The third-order valence-electron chi connectivity index (χ3n) is 6.70. The van der Waals surface area contributed by atoms with Crippen molar-refractivity contribution in [2.45, 2.75) is 97.3 Å². The summed E-state index contributed by atoms with van der Waals surface area (Å²) in [6.45, 7) is 10.4. The number of hydrogen-bond donors (Lipinski definition) is 2. The lowest BCUT2D eigenvalue weighted by Crippen LogP contribution is -3.00. The van der Waals surface area contributed by atoms with Gasteiger partial charge in [0.25, 0.3) is 0 Å². The van der Waals surface area contributed by atoms with Crippen LogP contribution in [-0.4, -0.2) is 55.1 Å². The molecular weight excluding hydrogens is 508 g/mol. The highest BCUT2D eigenvalue weighted by atomic mass is 79.9. The van der Waals surface area contributed by atoms with Gasteiger partial charge in [0.1, 0.15) is 18.4 Å². The summed E-state index contributed by atoms with van der Waals surface area (Å²) in [5.74, 6) is 0.553. The fourth-order valence-electron chi connectivity index (χ4n) is 4.70. The minimum Gasteiger partial charge on any atom is -1.00 e. The van der Waals surface area contributed by atoms with Gasteiger partial charge in [0, 0.05) is 0 Å². The van der Waals surface area contributed by atoms with Gasteiger partial charge >= 0.3 is 0 Å². The van der Waals surface area contributed by atoms with Gasteiger partial charge < -0.3 is 46.5 Å². The van der Waals surface area contributed by atoms with Crippen molar-refractivity contribution in [2.24, 2.45) is 0 Å². The zero-order chi connectivity index (χ0) is 24.9. The highest BCUT2D eigenvalue weighted by molar-refractivity contribution is 5.83. The van der Waals surface area contributed by atoms with Crippen LogP contribution in [0.5, 0.6) is 5.75 Å². The minimum atomic E-state index is -1.33. The molecule has 1 aliphatic heterocycles. The first-order chi connectivity index (χ1) is 16.6. The van der Waals surface area contributed by atoms with Gasteiger partial charge in [0.05, 0.1) is 38.5 Å². The Morgan fingerprint density at radius 1 is 0.914 bits per heavy atom. The molecule has 0 aromatic heterocycles. The molecule has 0 atom stereocenters. The monoisotopic (exact) mass is 557 g/mol. The van der Waals surface area contributed by atoms with Crippen LogP contribution in [0.15, 0.2) is 24.3 Å². The third-order valence-corrected chi connectivity index (χ3v) is 6.70. The zero-order valence-electron chi connectivity index (χ0n) is 22.2. The van der Waals surface area contributed by atoms with Crippen molar-refractivity contribution < 1.29 is 41.2 Å². The summed E-state index contributed by atoms with van der Waals surface area (Å²) >= 11 is 0. The zero-order valence-corrected chi connectivity index (χ0v) is 23.8. The summed E-state index contributed by atoms with van der Waals surface area (Å²) < 4.78 is 6.78. The van der Waals surface area contributed by atoms with Crippen LogP contribution in [0.3, 0.4) is 0 Å². The Morgan fingerprint density at radius 2 is 1.51 bits per heavy atom. The van der Waals surface area contributed by atoms with Crippen molar-refractivity contribution in [3.8, 4) is 5.75 Å². The van der Waals surface area contributed by atoms with E-state index in [0.29, 0.717) is 24.7 Å². The van der Waals surface area contributed by atoms with Crippen molar-refractivity contribution in [2.75, 3.05) is 44.7 Å². The number of carbonyl (C=O) groups is 1. The van der Waals surface area contributed by atoms with Gasteiger partial charge in [-0.1, -0.05) is 70.9 Å². The number of hydrogen-bond acceptors (Lipinski definition) is 4. The summed E-state index contributed by atoms with van der Waals surface area (Å²) in [6.07, 6.45) is 15.5. The Bertz CT molecular complexity index is 634. The van der Waals surface area contributed by atoms with Gasteiger partial charge in [-0.2, -0.15) is 0 Å². The Kier molecular flexibility index (Phi) is 21.1. The van der Waals surface area contributed by atoms with Crippen LogP contribution in [0.4, 0.5) is 10.5 Å². The van der Waals surface area contributed by atoms with Crippen LogP contribution in [0, 0.1) is 0 Å². The minimum absolute atomic E-state index is 0. The van der Waals surface area contributed by atoms with E-state index >= 15 is 0 Å². The van der Waals surface area contributed by atoms with E-state index in [2.05, 4.69) is 19.2 Å². The highest BCUT2D eigenvalue weighted by Gasteiger charge is 2.28. The molecule has 2 N–H and O–H groups in total. The van der Waals surface area contributed by atoms with Crippen molar-refractivity contribution in [3.63, 3.8) is 0 Å². The molecule has 1 saturated heterocycles. The summed E-state index contributed by atoms with van der Waals surface area (Å²) in [5, 5.41) is 21.9. The van der Waals surface area contributed by atoms with E-state index in [1.165, 1.54) is 94.7 Å². The molecule has 6 nitrogen and oxygen atoms in total. The van der Waals surface area contributed by atoms with Crippen molar-refractivity contribution >= 4 is 11.8 Å². The molecule has 35 heavy (non-hydrogen) atoms. The van der Waals surface area contributed by atoms with Crippen LogP contribution in [-0.2, 0) is 0 Å². The van der Waals surface area contributed by atoms with Crippen molar-refractivity contribution in [1.82, 2.24) is 0 Å². The van der Waals surface area contributed by atoms with Gasteiger partial charge in [-0.05, 0) is 50.7 Å². The molecule has 0 aliphatic carbocycles. The van der Waals surface area contributed by atoms with Crippen molar-refractivity contribution in [3.05, 3.63) is 24.3 Å². The second-order valence-electron chi connectivity index (χ2n) is 9.61. The fraction of sp³-hybridized carbons (Fsp3) is 0.750. The van der Waals surface area contributed by atoms with Gasteiger partial charge in [0.2, 0.25) is 0 Å². The maximum atomic E-state index is 10.5. The number of halogens is 1. The number of carbonyl (C=O) groups excluding carboxylic acids is 1. The maximum absolute atomic E-state index is 10.5. The largest absolute Gasteiger partial charge is 1.00 e. The molecule has 7 heteroatoms. The quantitative estimate of drug-likeness (QED) is 0.242. The van der Waals surface area contributed by atoms with E-state index in [0.717, 1.165) is 19.4 Å². The summed E-state index contributed by atoms with van der Waals surface area (Å²) in [5.41, 5.74) is 0.436. The highest BCUT2D eigenvalue weighted by Crippen LogP contribution is 2.24. The first-order valence-electron chi connectivity index (χ1n) is 13.7. The molecule has 1 fully saturated rings.